The molecule has 1 unspecified atom stereocenters. The fraction of sp³-hybridized carbons (Fsp3) is 0.478. The zero-order chi connectivity index (χ0) is 21.0. The highest BCUT2D eigenvalue weighted by Gasteiger charge is 2.18. The number of amides is 1. The van der Waals surface area contributed by atoms with Gasteiger partial charge in [-0.1, -0.05) is 0 Å². The van der Waals surface area contributed by atoms with E-state index >= 15 is 0 Å². The van der Waals surface area contributed by atoms with Gasteiger partial charge < -0.3 is 14.5 Å². The van der Waals surface area contributed by atoms with Gasteiger partial charge in [-0.25, -0.2) is 0 Å². The van der Waals surface area contributed by atoms with Crippen molar-refractivity contribution in [3.05, 3.63) is 57.0 Å². The van der Waals surface area contributed by atoms with E-state index in [2.05, 4.69) is 39.9 Å². The van der Waals surface area contributed by atoms with Crippen molar-refractivity contribution in [3.63, 3.8) is 0 Å². The van der Waals surface area contributed by atoms with Crippen LogP contribution in [0.4, 0.5) is 0 Å². The standard InChI is InChI=1S/C23H31NO4/c1-8-27-22(25)11-13(2)24-23(26)21-10-9-19(28-21)12-20-17(6)15(4)14(3)16(5)18(20)7/h9-10,13H,8,11-12H2,1-7H3,(H,24,26). The number of benzene rings is 1. The van der Waals surface area contributed by atoms with Gasteiger partial charge in [0.25, 0.3) is 5.91 Å². The first-order chi connectivity index (χ1) is 13.1. The average Bonchev–Trinajstić information content (AvgIpc) is 3.11. The summed E-state index contributed by atoms with van der Waals surface area (Å²) in [7, 11) is 0. The number of ether oxygens (including phenoxy) is 1. The zero-order valence-corrected chi connectivity index (χ0v) is 18.0. The van der Waals surface area contributed by atoms with Crippen LogP contribution in [0.1, 0.15) is 70.0 Å². The van der Waals surface area contributed by atoms with Crippen LogP contribution in [-0.2, 0) is 16.0 Å². The molecule has 0 saturated heterocycles. The molecule has 1 N–H and O–H groups in total. The van der Waals surface area contributed by atoms with Crippen molar-refractivity contribution in [1.29, 1.82) is 0 Å². The molecule has 0 aliphatic heterocycles. The maximum atomic E-state index is 12.4. The number of nitrogens with one attached hydrogen (secondary N) is 1. The predicted molar refractivity (Wildman–Crippen MR) is 110 cm³/mol. The molecule has 1 aromatic carbocycles. The van der Waals surface area contributed by atoms with Gasteiger partial charge in [0.1, 0.15) is 5.76 Å². The molecule has 1 amide bonds. The van der Waals surface area contributed by atoms with E-state index in [9.17, 15) is 9.59 Å². The zero-order valence-electron chi connectivity index (χ0n) is 18.0. The Morgan fingerprint density at radius 3 is 2.14 bits per heavy atom. The van der Waals surface area contributed by atoms with Gasteiger partial charge in [0.15, 0.2) is 5.76 Å². The summed E-state index contributed by atoms with van der Waals surface area (Å²) in [6, 6.07) is 3.20. The Morgan fingerprint density at radius 1 is 1.00 bits per heavy atom. The van der Waals surface area contributed by atoms with E-state index in [4.69, 9.17) is 9.15 Å². The molecule has 2 rings (SSSR count). The molecule has 28 heavy (non-hydrogen) atoms. The summed E-state index contributed by atoms with van der Waals surface area (Å²) >= 11 is 0. The topological polar surface area (TPSA) is 68.5 Å². The van der Waals surface area contributed by atoms with Gasteiger partial charge in [0, 0.05) is 12.5 Å². The van der Waals surface area contributed by atoms with Crippen LogP contribution < -0.4 is 5.32 Å². The van der Waals surface area contributed by atoms with Crippen LogP contribution in [0.5, 0.6) is 0 Å². The van der Waals surface area contributed by atoms with Crippen molar-refractivity contribution < 1.29 is 18.7 Å². The largest absolute Gasteiger partial charge is 0.466 e. The molecular formula is C23H31NO4. The molecule has 1 aromatic heterocycles. The first-order valence-electron chi connectivity index (χ1n) is 9.76. The molecule has 5 heteroatoms. The summed E-state index contributed by atoms with van der Waals surface area (Å²) in [6.07, 6.45) is 0.777. The number of furan rings is 1. The molecule has 1 heterocycles. The van der Waals surface area contributed by atoms with Crippen LogP contribution in [0.3, 0.4) is 0 Å². The number of rotatable bonds is 7. The molecule has 0 bridgehead atoms. The SMILES string of the molecule is CCOC(=O)CC(C)NC(=O)c1ccc(Cc2c(C)c(C)c(C)c(C)c2C)o1. The van der Waals surface area contributed by atoms with Gasteiger partial charge in [-0.15, -0.1) is 0 Å². The second kappa shape index (κ2) is 9.09. The van der Waals surface area contributed by atoms with E-state index in [0.29, 0.717) is 13.0 Å². The fourth-order valence-electron chi connectivity index (χ4n) is 3.43. The highest BCUT2D eigenvalue weighted by molar-refractivity contribution is 5.92. The molecule has 5 nitrogen and oxygen atoms in total. The molecule has 0 spiro atoms. The van der Waals surface area contributed by atoms with Gasteiger partial charge in [0.2, 0.25) is 0 Å². The number of hydrogen-bond donors (Lipinski definition) is 1. The van der Waals surface area contributed by atoms with E-state index in [1.165, 1.54) is 33.4 Å². The highest BCUT2D eigenvalue weighted by Crippen LogP contribution is 2.28. The normalized spacial score (nSPS) is 12.0. The van der Waals surface area contributed by atoms with E-state index in [1.54, 1.807) is 19.9 Å². The molecule has 0 radical (unpaired) electrons. The average molecular weight is 386 g/mol. The lowest BCUT2D eigenvalue weighted by Gasteiger charge is -2.18. The highest BCUT2D eigenvalue weighted by atomic mass is 16.5. The molecule has 2 aromatic rings. The Bertz CT molecular complexity index is 850. The van der Waals surface area contributed by atoms with E-state index in [0.717, 1.165) is 5.76 Å². The second-order valence-electron chi connectivity index (χ2n) is 7.43. The quantitative estimate of drug-likeness (QED) is 0.713. The van der Waals surface area contributed by atoms with Gasteiger partial charge in [-0.05, 0) is 94.0 Å². The summed E-state index contributed by atoms with van der Waals surface area (Å²) in [5, 5.41) is 2.78. The smallest absolute Gasteiger partial charge is 0.307 e. The fourth-order valence-corrected chi connectivity index (χ4v) is 3.43. The number of hydrogen-bond acceptors (Lipinski definition) is 4. The maximum absolute atomic E-state index is 12.4. The Morgan fingerprint density at radius 2 is 1.57 bits per heavy atom. The maximum Gasteiger partial charge on any atom is 0.307 e. The summed E-state index contributed by atoms with van der Waals surface area (Å²) in [5.74, 6) is 0.345. The summed E-state index contributed by atoms with van der Waals surface area (Å²) < 4.78 is 10.7. The molecule has 152 valence electrons. The lowest BCUT2D eigenvalue weighted by atomic mass is 9.88. The van der Waals surface area contributed by atoms with Crippen LogP contribution >= 0.6 is 0 Å². The van der Waals surface area contributed by atoms with Crippen LogP contribution in [0.25, 0.3) is 0 Å². The first kappa shape index (κ1) is 21.7. The van der Waals surface area contributed by atoms with E-state index in [1.807, 2.05) is 6.07 Å². The molecule has 0 saturated carbocycles. The van der Waals surface area contributed by atoms with Crippen molar-refractivity contribution in [3.8, 4) is 0 Å². The summed E-state index contributed by atoms with van der Waals surface area (Å²) in [6.45, 7) is 14.6. The van der Waals surface area contributed by atoms with Crippen molar-refractivity contribution >= 4 is 11.9 Å². The van der Waals surface area contributed by atoms with Gasteiger partial charge >= 0.3 is 5.97 Å². The molecule has 0 aliphatic carbocycles. The number of carbonyl (C=O) groups is 2. The third kappa shape index (κ3) is 4.83. The van der Waals surface area contributed by atoms with Gasteiger partial charge in [-0.2, -0.15) is 0 Å². The Labute approximate surface area is 167 Å². The third-order valence-corrected chi connectivity index (χ3v) is 5.55. The van der Waals surface area contributed by atoms with Crippen molar-refractivity contribution in [2.24, 2.45) is 0 Å². The predicted octanol–water partition coefficient (Wildman–Crippen LogP) is 4.48. The summed E-state index contributed by atoms with van der Waals surface area (Å²) in [5.41, 5.74) is 7.72. The van der Waals surface area contributed by atoms with E-state index in [-0.39, 0.29) is 30.1 Å². The van der Waals surface area contributed by atoms with Gasteiger partial charge in [0.05, 0.1) is 13.0 Å². The summed E-state index contributed by atoms with van der Waals surface area (Å²) in [4.78, 5) is 23.9. The lowest BCUT2D eigenvalue weighted by Crippen LogP contribution is -2.34. The molecule has 0 aliphatic rings. The molecule has 1 atom stereocenters. The molecule has 0 fully saturated rings. The second-order valence-corrected chi connectivity index (χ2v) is 7.43. The Balaban J connectivity index is 2.11. The van der Waals surface area contributed by atoms with Gasteiger partial charge in [-0.3, -0.25) is 9.59 Å². The van der Waals surface area contributed by atoms with E-state index < -0.39 is 0 Å². The first-order valence-corrected chi connectivity index (χ1v) is 9.76. The van der Waals surface area contributed by atoms with Crippen molar-refractivity contribution in [1.82, 2.24) is 5.32 Å². The minimum Gasteiger partial charge on any atom is -0.466 e. The molecular weight excluding hydrogens is 354 g/mol. The number of esters is 1. The number of carbonyl (C=O) groups excluding carboxylic acids is 2. The van der Waals surface area contributed by atoms with Crippen LogP contribution in [0.15, 0.2) is 16.5 Å². The minimum absolute atomic E-state index is 0.132. The monoisotopic (exact) mass is 385 g/mol. The minimum atomic E-state index is -0.327. The van der Waals surface area contributed by atoms with Crippen LogP contribution in [0.2, 0.25) is 0 Å². The Kier molecular flexibility index (Phi) is 7.05. The third-order valence-electron chi connectivity index (χ3n) is 5.55. The van der Waals surface area contributed by atoms with Crippen molar-refractivity contribution in [2.45, 2.75) is 67.3 Å². The van der Waals surface area contributed by atoms with Crippen molar-refractivity contribution in [2.75, 3.05) is 6.61 Å². The van der Waals surface area contributed by atoms with Crippen LogP contribution in [0, 0.1) is 34.6 Å². The lowest BCUT2D eigenvalue weighted by molar-refractivity contribution is -0.143. The van der Waals surface area contributed by atoms with Crippen LogP contribution in [-0.4, -0.2) is 24.5 Å². The Hall–Kier alpha value is -2.56.